The Bertz CT molecular complexity index is 344. The lowest BCUT2D eigenvalue weighted by molar-refractivity contribution is -0.255. The first-order valence-corrected chi connectivity index (χ1v) is 3.09. The van der Waals surface area contributed by atoms with E-state index in [-0.39, 0.29) is 5.02 Å². The number of aromatic nitrogens is 1. The summed E-state index contributed by atoms with van der Waals surface area (Å²) in [5.41, 5.74) is -1.29. The maximum Gasteiger partial charge on any atom is 0.258 e. The van der Waals surface area contributed by atoms with Gasteiger partial charge in [-0.3, -0.25) is 4.79 Å². The first-order valence-electron chi connectivity index (χ1n) is 2.71. The second-order valence-corrected chi connectivity index (χ2v) is 2.22. The fourth-order valence-corrected chi connectivity index (χ4v) is 0.871. The lowest BCUT2D eigenvalue weighted by atomic mass is 10.3. The number of carboxylic acids is 1. The lowest BCUT2D eigenvalue weighted by Gasteiger charge is -2.01. The van der Waals surface area contributed by atoms with Gasteiger partial charge in [0.1, 0.15) is 0 Å². The molecule has 1 aromatic rings. The summed E-state index contributed by atoms with van der Waals surface area (Å²) < 4.78 is 0. The predicted octanol–water partition coefficient (Wildman–Crippen LogP) is -0.608. The van der Waals surface area contributed by atoms with Crippen molar-refractivity contribution in [2.45, 2.75) is 0 Å². The van der Waals surface area contributed by atoms with E-state index in [0.717, 1.165) is 0 Å². The van der Waals surface area contributed by atoms with Crippen molar-refractivity contribution in [1.82, 2.24) is 4.98 Å². The number of nitrogens with one attached hydrogen (secondary N) is 1. The fourth-order valence-electron chi connectivity index (χ4n) is 0.645. The van der Waals surface area contributed by atoms with Gasteiger partial charge in [-0.25, -0.2) is 0 Å². The van der Waals surface area contributed by atoms with Gasteiger partial charge in [-0.2, -0.15) is 0 Å². The van der Waals surface area contributed by atoms with Crippen LogP contribution in [0.1, 0.15) is 10.4 Å². The molecule has 0 fully saturated rings. The van der Waals surface area contributed by atoms with Crippen molar-refractivity contribution in [1.29, 1.82) is 0 Å². The maximum atomic E-state index is 10.7. The molecular weight excluding hydrogens is 170 g/mol. The van der Waals surface area contributed by atoms with Crippen LogP contribution in [0.4, 0.5) is 0 Å². The van der Waals surface area contributed by atoms with Crippen LogP contribution in [-0.4, -0.2) is 11.0 Å². The van der Waals surface area contributed by atoms with Gasteiger partial charge in [-0.15, -0.1) is 0 Å². The number of hydrogen-bond donors (Lipinski definition) is 1. The van der Waals surface area contributed by atoms with Gasteiger partial charge in [-0.05, 0) is 6.07 Å². The molecule has 0 amide bonds. The summed E-state index contributed by atoms with van der Waals surface area (Å²) >= 11 is 5.38. The molecule has 0 aromatic carbocycles. The average Bonchev–Trinajstić information content (AvgIpc) is 1.85. The quantitative estimate of drug-likeness (QED) is 0.614. The number of aromatic carboxylic acids is 1. The molecule has 0 unspecified atom stereocenters. The van der Waals surface area contributed by atoms with Crippen LogP contribution in [0.3, 0.4) is 0 Å². The first kappa shape index (κ1) is 7.81. The minimum atomic E-state index is -1.57. The predicted molar refractivity (Wildman–Crippen MR) is 36.4 cm³/mol. The summed E-state index contributed by atoms with van der Waals surface area (Å²) in [7, 11) is 0. The first-order chi connectivity index (χ1) is 5.13. The topological polar surface area (TPSA) is 73.0 Å². The van der Waals surface area contributed by atoms with Crippen molar-refractivity contribution in [2.75, 3.05) is 0 Å². The number of carboxylic acid groups (broad SMARTS) is 1. The van der Waals surface area contributed by atoms with E-state index in [1.807, 2.05) is 0 Å². The Labute approximate surface area is 66.4 Å². The van der Waals surface area contributed by atoms with Crippen LogP contribution < -0.4 is 10.7 Å². The second kappa shape index (κ2) is 2.75. The molecule has 0 radical (unpaired) electrons. The molecule has 0 aliphatic rings. The Morgan fingerprint density at radius 1 is 1.64 bits per heavy atom. The third-order valence-electron chi connectivity index (χ3n) is 1.11. The number of pyridine rings is 1. The molecule has 4 nitrogen and oxygen atoms in total. The SMILES string of the molecule is O=C([O-])c1c(Cl)cc[nH]c1=O. The highest BCUT2D eigenvalue weighted by molar-refractivity contribution is 6.33. The number of rotatable bonds is 1. The van der Waals surface area contributed by atoms with Gasteiger partial charge < -0.3 is 14.9 Å². The summed E-state index contributed by atoms with van der Waals surface area (Å²) in [4.78, 5) is 23.1. The summed E-state index contributed by atoms with van der Waals surface area (Å²) in [6, 6.07) is 1.27. The molecule has 1 heterocycles. The summed E-state index contributed by atoms with van der Waals surface area (Å²) in [6.07, 6.45) is 1.26. The number of H-pyrrole nitrogens is 1. The van der Waals surface area contributed by atoms with E-state index in [0.29, 0.717) is 0 Å². The molecular formula is C6H3ClNO3-. The van der Waals surface area contributed by atoms with E-state index in [9.17, 15) is 14.7 Å². The Hall–Kier alpha value is -1.29. The standard InChI is InChI=1S/C6H4ClNO3/c7-3-1-2-8-5(9)4(3)6(10)11/h1-2H,(H,8,9)(H,10,11)/p-1. The highest BCUT2D eigenvalue weighted by atomic mass is 35.5. The molecule has 5 heteroatoms. The highest BCUT2D eigenvalue weighted by Crippen LogP contribution is 2.07. The second-order valence-electron chi connectivity index (χ2n) is 1.82. The van der Waals surface area contributed by atoms with Crippen LogP contribution in [0, 0.1) is 0 Å². The molecule has 0 atom stereocenters. The summed E-state index contributed by atoms with van der Waals surface area (Å²) in [5, 5.41) is 10.1. The molecule has 0 saturated carbocycles. The van der Waals surface area contributed by atoms with Gasteiger partial charge in [0.25, 0.3) is 5.56 Å². The zero-order chi connectivity index (χ0) is 8.43. The third-order valence-corrected chi connectivity index (χ3v) is 1.43. The maximum absolute atomic E-state index is 10.7. The minimum absolute atomic E-state index is 0.117. The molecule has 0 saturated heterocycles. The molecule has 0 aliphatic carbocycles. The smallest absolute Gasteiger partial charge is 0.258 e. The molecule has 0 spiro atoms. The van der Waals surface area contributed by atoms with Crippen LogP contribution >= 0.6 is 11.6 Å². The molecule has 0 bridgehead atoms. The van der Waals surface area contributed by atoms with Crippen LogP contribution in [0.5, 0.6) is 0 Å². The molecule has 1 N–H and O–H groups in total. The number of carbonyl (C=O) groups excluding carboxylic acids is 1. The highest BCUT2D eigenvalue weighted by Gasteiger charge is 2.04. The summed E-state index contributed by atoms with van der Waals surface area (Å²) in [5.74, 6) is -1.57. The van der Waals surface area contributed by atoms with Crippen molar-refractivity contribution >= 4 is 17.6 Å². The van der Waals surface area contributed by atoms with Crippen molar-refractivity contribution in [3.63, 3.8) is 0 Å². The normalized spacial score (nSPS) is 9.55. The van der Waals surface area contributed by atoms with Crippen molar-refractivity contribution in [3.8, 4) is 0 Å². The Morgan fingerprint density at radius 2 is 2.27 bits per heavy atom. The van der Waals surface area contributed by atoms with E-state index in [2.05, 4.69) is 4.98 Å². The van der Waals surface area contributed by atoms with Gasteiger partial charge in [0.05, 0.1) is 16.6 Å². The van der Waals surface area contributed by atoms with Gasteiger partial charge >= 0.3 is 0 Å². The molecule has 11 heavy (non-hydrogen) atoms. The minimum Gasteiger partial charge on any atom is -0.545 e. The van der Waals surface area contributed by atoms with Crippen LogP contribution in [-0.2, 0) is 0 Å². The zero-order valence-corrected chi connectivity index (χ0v) is 6.01. The van der Waals surface area contributed by atoms with Gasteiger partial charge in [0.15, 0.2) is 0 Å². The van der Waals surface area contributed by atoms with E-state index >= 15 is 0 Å². The van der Waals surface area contributed by atoms with Gasteiger partial charge in [0.2, 0.25) is 0 Å². The number of carbonyl (C=O) groups is 1. The largest absolute Gasteiger partial charge is 0.545 e. The van der Waals surface area contributed by atoms with Crippen LogP contribution in [0.25, 0.3) is 0 Å². The third kappa shape index (κ3) is 1.40. The van der Waals surface area contributed by atoms with Gasteiger partial charge in [0, 0.05) is 6.20 Å². The monoisotopic (exact) mass is 172 g/mol. The van der Waals surface area contributed by atoms with E-state index < -0.39 is 17.1 Å². The zero-order valence-electron chi connectivity index (χ0n) is 5.26. The number of hydrogen-bond acceptors (Lipinski definition) is 3. The van der Waals surface area contributed by atoms with Crippen LogP contribution in [0.2, 0.25) is 5.02 Å². The van der Waals surface area contributed by atoms with E-state index in [1.165, 1.54) is 12.3 Å². The van der Waals surface area contributed by atoms with Crippen molar-refractivity contribution in [2.24, 2.45) is 0 Å². The molecule has 58 valence electrons. The molecule has 0 aliphatic heterocycles. The van der Waals surface area contributed by atoms with Crippen LogP contribution in [0.15, 0.2) is 17.1 Å². The summed E-state index contributed by atoms with van der Waals surface area (Å²) in [6.45, 7) is 0. The Morgan fingerprint density at radius 3 is 2.64 bits per heavy atom. The fraction of sp³-hybridized carbons (Fsp3) is 0. The molecule has 1 aromatic heterocycles. The number of aromatic amines is 1. The van der Waals surface area contributed by atoms with Gasteiger partial charge in [-0.1, -0.05) is 11.6 Å². The Balaban J connectivity index is 3.45. The van der Waals surface area contributed by atoms with E-state index in [4.69, 9.17) is 11.6 Å². The Kier molecular flexibility index (Phi) is 1.96. The van der Waals surface area contributed by atoms with E-state index in [1.54, 1.807) is 0 Å². The molecule has 1 rings (SSSR count). The van der Waals surface area contributed by atoms with Crippen molar-refractivity contribution in [3.05, 3.63) is 33.2 Å². The lowest BCUT2D eigenvalue weighted by Crippen LogP contribution is -2.30. The van der Waals surface area contributed by atoms with Crippen molar-refractivity contribution < 1.29 is 9.90 Å². The average molecular weight is 173 g/mol. The number of halogens is 1.